The van der Waals surface area contributed by atoms with E-state index < -0.39 is 11.7 Å². The zero-order chi connectivity index (χ0) is 28.2. The quantitative estimate of drug-likeness (QED) is 0.0935. The molecule has 1 aromatic heterocycles. The molecular formula is C27H32ClFN6O4. The van der Waals surface area contributed by atoms with Gasteiger partial charge in [0.05, 0.1) is 22.8 Å². The Bertz CT molecular complexity index is 1320. The highest BCUT2D eigenvalue weighted by Gasteiger charge is 2.14. The van der Waals surface area contributed by atoms with Crippen LogP contribution in [-0.2, 0) is 9.59 Å². The van der Waals surface area contributed by atoms with E-state index in [0.717, 1.165) is 19.3 Å². The number of carbonyl (C=O) groups is 2. The van der Waals surface area contributed by atoms with Gasteiger partial charge in [-0.1, -0.05) is 30.5 Å². The lowest BCUT2D eigenvalue weighted by molar-refractivity contribution is -0.129. The van der Waals surface area contributed by atoms with Gasteiger partial charge in [0, 0.05) is 36.2 Å². The van der Waals surface area contributed by atoms with E-state index in [4.69, 9.17) is 21.5 Å². The Kier molecular flexibility index (Phi) is 11.4. The maximum Gasteiger partial charge on any atom is 0.248 e. The molecule has 0 radical (unpaired) electrons. The second-order valence-corrected chi connectivity index (χ2v) is 9.45. The number of nitrogens with one attached hydrogen (secondary N) is 3. The van der Waals surface area contributed by atoms with Gasteiger partial charge in [-0.05, 0) is 51.2 Å². The highest BCUT2D eigenvalue weighted by atomic mass is 35.5. The number of likely N-dealkylation sites (N-methyl/N-ethyl adjacent to an activating group) is 1. The predicted octanol–water partition coefficient (Wildman–Crippen LogP) is 5.06. The summed E-state index contributed by atoms with van der Waals surface area (Å²) in [6.45, 7) is 0.998. The molecule has 0 atom stereocenters. The molecule has 0 aliphatic rings. The van der Waals surface area contributed by atoms with Crippen LogP contribution in [0.3, 0.4) is 0 Å². The number of unbranched alkanes of at least 4 members (excludes halogenated alkanes) is 3. The van der Waals surface area contributed by atoms with E-state index >= 15 is 0 Å². The minimum absolute atomic E-state index is 0.0248. The number of amides is 2. The Hall–Kier alpha value is -3.80. The maximum atomic E-state index is 13.6. The second-order valence-electron chi connectivity index (χ2n) is 9.04. The lowest BCUT2D eigenvalue weighted by Crippen LogP contribution is -2.17. The lowest BCUT2D eigenvalue weighted by atomic mass is 10.1. The Labute approximate surface area is 231 Å². The van der Waals surface area contributed by atoms with Gasteiger partial charge >= 0.3 is 0 Å². The Morgan fingerprint density at radius 3 is 2.67 bits per heavy atom. The van der Waals surface area contributed by atoms with Gasteiger partial charge in [-0.15, -0.1) is 0 Å². The molecule has 0 spiro atoms. The molecule has 1 heterocycles. The first-order valence-corrected chi connectivity index (χ1v) is 12.8. The number of nitrogens with zero attached hydrogens (tertiary/aromatic N) is 3. The van der Waals surface area contributed by atoms with Crippen LogP contribution < -0.4 is 20.9 Å². The molecule has 3 rings (SSSR count). The van der Waals surface area contributed by atoms with Gasteiger partial charge in [-0.2, -0.15) is 0 Å². The number of anilines is 3. The Morgan fingerprint density at radius 2 is 1.92 bits per heavy atom. The van der Waals surface area contributed by atoms with Crippen molar-refractivity contribution >= 4 is 51.5 Å². The number of hydrogen-bond acceptors (Lipinski definition) is 8. The summed E-state index contributed by atoms with van der Waals surface area (Å²) in [5.41, 5.74) is 3.18. The number of ether oxygens (including phenoxy) is 1. The van der Waals surface area contributed by atoms with Crippen molar-refractivity contribution in [3.8, 4) is 5.75 Å². The van der Waals surface area contributed by atoms with E-state index in [0.29, 0.717) is 53.4 Å². The smallest absolute Gasteiger partial charge is 0.248 e. The van der Waals surface area contributed by atoms with E-state index in [1.807, 2.05) is 19.0 Å². The Morgan fingerprint density at radius 1 is 1.13 bits per heavy atom. The van der Waals surface area contributed by atoms with E-state index in [-0.39, 0.29) is 17.4 Å². The van der Waals surface area contributed by atoms with Crippen LogP contribution in [0, 0.1) is 5.82 Å². The summed E-state index contributed by atoms with van der Waals surface area (Å²) in [7, 11) is 3.81. The minimum Gasteiger partial charge on any atom is -0.491 e. The molecule has 4 N–H and O–H groups in total. The van der Waals surface area contributed by atoms with Gasteiger partial charge in [0.25, 0.3) is 0 Å². The highest BCUT2D eigenvalue weighted by molar-refractivity contribution is 6.31. The Balaban J connectivity index is 1.80. The molecule has 0 aliphatic heterocycles. The van der Waals surface area contributed by atoms with E-state index in [9.17, 15) is 14.0 Å². The molecule has 0 bridgehead atoms. The molecule has 10 nitrogen and oxygen atoms in total. The fourth-order valence-corrected chi connectivity index (χ4v) is 3.82. The summed E-state index contributed by atoms with van der Waals surface area (Å²) in [6.07, 6.45) is 7.90. The molecule has 12 heteroatoms. The third-order valence-corrected chi connectivity index (χ3v) is 5.89. The molecule has 2 amide bonds. The first kappa shape index (κ1) is 29.8. The fraction of sp³-hybridized carbons (Fsp3) is 0.333. The van der Waals surface area contributed by atoms with Crippen molar-refractivity contribution in [1.82, 2.24) is 20.3 Å². The van der Waals surface area contributed by atoms with Crippen LogP contribution in [0.5, 0.6) is 5.75 Å². The number of hydrogen-bond donors (Lipinski definition) is 4. The van der Waals surface area contributed by atoms with Crippen molar-refractivity contribution in [3.63, 3.8) is 0 Å². The molecule has 0 unspecified atom stereocenters. The van der Waals surface area contributed by atoms with Crippen LogP contribution in [-0.4, -0.2) is 59.1 Å². The first-order valence-electron chi connectivity index (χ1n) is 12.5. The van der Waals surface area contributed by atoms with Crippen LogP contribution in [0.1, 0.15) is 32.1 Å². The van der Waals surface area contributed by atoms with Crippen LogP contribution >= 0.6 is 11.6 Å². The van der Waals surface area contributed by atoms with Gasteiger partial charge in [-0.25, -0.2) is 19.8 Å². The van der Waals surface area contributed by atoms with Crippen LogP contribution in [0.2, 0.25) is 5.02 Å². The van der Waals surface area contributed by atoms with E-state index in [1.54, 1.807) is 29.8 Å². The van der Waals surface area contributed by atoms with Gasteiger partial charge < -0.3 is 20.3 Å². The standard InChI is InChI=1S/C27H32ClFN6O4/c1-35(2)12-7-9-25(36)33-23-15-19-22(16-24(23)39-13-6-4-3-5-8-26(37)34-38)30-17-31-27(19)32-18-10-11-21(29)20(28)14-18/h7,9-11,14-17,38H,3-6,8,12-13H2,1-2H3,(H,33,36)(H,34,37)(H,30,31,32)/b9-7+. The molecule has 0 saturated carbocycles. The summed E-state index contributed by atoms with van der Waals surface area (Å²) in [5.74, 6) is -0.356. The average Bonchev–Trinajstić information content (AvgIpc) is 2.90. The second kappa shape index (κ2) is 15.0. The van der Waals surface area contributed by atoms with E-state index in [1.165, 1.54) is 24.5 Å². The number of aromatic nitrogens is 2. The lowest BCUT2D eigenvalue weighted by Gasteiger charge is -2.15. The monoisotopic (exact) mass is 558 g/mol. The van der Waals surface area contributed by atoms with Crippen LogP contribution in [0.15, 0.2) is 48.8 Å². The molecule has 208 valence electrons. The van der Waals surface area contributed by atoms with Crippen molar-refractivity contribution in [3.05, 3.63) is 59.7 Å². The first-order chi connectivity index (χ1) is 18.8. The molecule has 0 fully saturated rings. The number of fused-ring (bicyclic) bond motifs is 1. The molecule has 0 aliphatic carbocycles. The van der Waals surface area contributed by atoms with Gasteiger partial charge in [-0.3, -0.25) is 14.8 Å². The summed E-state index contributed by atoms with van der Waals surface area (Å²) in [6, 6.07) is 7.71. The summed E-state index contributed by atoms with van der Waals surface area (Å²) in [4.78, 5) is 34.3. The van der Waals surface area contributed by atoms with Gasteiger partial charge in [0.1, 0.15) is 23.7 Å². The van der Waals surface area contributed by atoms with Crippen LogP contribution in [0.4, 0.5) is 21.6 Å². The predicted molar refractivity (Wildman–Crippen MR) is 149 cm³/mol. The SMILES string of the molecule is CN(C)C/C=C/C(=O)Nc1cc2c(Nc3ccc(F)c(Cl)c3)ncnc2cc1OCCCCCCC(=O)NO. The van der Waals surface area contributed by atoms with Crippen molar-refractivity contribution in [2.75, 3.05) is 37.9 Å². The van der Waals surface area contributed by atoms with Crippen LogP contribution in [0.25, 0.3) is 10.9 Å². The summed E-state index contributed by atoms with van der Waals surface area (Å²) < 4.78 is 19.6. The molecule has 2 aromatic carbocycles. The zero-order valence-electron chi connectivity index (χ0n) is 21.8. The van der Waals surface area contributed by atoms with Gasteiger partial charge in [0.15, 0.2) is 0 Å². The third kappa shape index (κ3) is 9.47. The molecular weight excluding hydrogens is 527 g/mol. The molecule has 0 saturated heterocycles. The fourth-order valence-electron chi connectivity index (χ4n) is 3.64. The normalized spacial score (nSPS) is 11.2. The summed E-state index contributed by atoms with van der Waals surface area (Å²) >= 11 is 5.92. The van der Waals surface area contributed by atoms with E-state index in [2.05, 4.69) is 20.6 Å². The average molecular weight is 559 g/mol. The zero-order valence-corrected chi connectivity index (χ0v) is 22.6. The number of hydroxylamine groups is 1. The number of halogens is 2. The minimum atomic E-state index is -0.528. The number of benzene rings is 2. The largest absolute Gasteiger partial charge is 0.491 e. The van der Waals surface area contributed by atoms with Crippen molar-refractivity contribution < 1.29 is 23.9 Å². The topological polar surface area (TPSA) is 129 Å². The molecule has 39 heavy (non-hydrogen) atoms. The van der Waals surface area contributed by atoms with Gasteiger partial charge in [0.2, 0.25) is 11.8 Å². The third-order valence-electron chi connectivity index (χ3n) is 5.60. The number of carbonyl (C=O) groups excluding carboxylic acids is 2. The maximum absolute atomic E-state index is 13.6. The van der Waals surface area contributed by atoms with Crippen molar-refractivity contribution in [2.45, 2.75) is 32.1 Å². The number of rotatable bonds is 14. The molecule has 3 aromatic rings. The summed E-state index contributed by atoms with van der Waals surface area (Å²) in [5, 5.41) is 15.1. The highest BCUT2D eigenvalue weighted by Crippen LogP contribution is 2.34. The van der Waals surface area contributed by atoms with Crippen molar-refractivity contribution in [1.29, 1.82) is 0 Å². The van der Waals surface area contributed by atoms with Crippen molar-refractivity contribution in [2.24, 2.45) is 0 Å².